The quantitative estimate of drug-likeness (QED) is 0.834. The number of methoxy groups -OCH3 is 1. The van der Waals surface area contributed by atoms with Crippen molar-refractivity contribution in [1.82, 2.24) is 0 Å². The minimum atomic E-state index is -0.374. The highest BCUT2D eigenvalue weighted by molar-refractivity contribution is 6.32. The van der Waals surface area contributed by atoms with Crippen LogP contribution in [0.5, 0.6) is 5.75 Å². The SMILES string of the molecule is COc1ccc(Cl)cc1C(=O)Nc1cc(Cl)c(C)cc1N. The third kappa shape index (κ3) is 3.40. The maximum absolute atomic E-state index is 12.3. The van der Waals surface area contributed by atoms with Crippen LogP contribution in [-0.2, 0) is 0 Å². The number of nitrogen functional groups attached to an aromatic ring is 1. The first-order valence-electron chi connectivity index (χ1n) is 6.13. The van der Waals surface area contributed by atoms with E-state index in [1.807, 2.05) is 6.92 Å². The number of anilines is 2. The van der Waals surface area contributed by atoms with Gasteiger partial charge in [-0.2, -0.15) is 0 Å². The third-order valence-corrected chi connectivity index (χ3v) is 3.63. The lowest BCUT2D eigenvalue weighted by molar-refractivity contribution is 0.102. The van der Waals surface area contributed by atoms with Crippen LogP contribution in [0.25, 0.3) is 0 Å². The molecule has 0 bridgehead atoms. The predicted octanol–water partition coefficient (Wildman–Crippen LogP) is 4.14. The number of aryl methyl sites for hydroxylation is 1. The number of hydrogen-bond donors (Lipinski definition) is 2. The van der Waals surface area contributed by atoms with Crippen molar-refractivity contribution in [3.63, 3.8) is 0 Å². The number of carbonyl (C=O) groups excluding carboxylic acids is 1. The van der Waals surface area contributed by atoms with Crippen molar-refractivity contribution in [3.05, 3.63) is 51.5 Å². The summed E-state index contributed by atoms with van der Waals surface area (Å²) in [6.45, 7) is 1.84. The van der Waals surface area contributed by atoms with E-state index in [9.17, 15) is 4.79 Å². The van der Waals surface area contributed by atoms with Crippen molar-refractivity contribution in [1.29, 1.82) is 0 Å². The van der Waals surface area contributed by atoms with Gasteiger partial charge in [-0.1, -0.05) is 23.2 Å². The Morgan fingerprint density at radius 1 is 1.24 bits per heavy atom. The first kappa shape index (κ1) is 15.5. The lowest BCUT2D eigenvalue weighted by Gasteiger charge is -2.12. The molecule has 3 N–H and O–H groups in total. The second kappa shape index (κ2) is 6.24. The van der Waals surface area contributed by atoms with Crippen LogP contribution in [0.3, 0.4) is 0 Å². The van der Waals surface area contributed by atoms with E-state index in [2.05, 4.69) is 5.32 Å². The summed E-state index contributed by atoms with van der Waals surface area (Å²) < 4.78 is 5.16. The molecule has 4 nitrogen and oxygen atoms in total. The van der Waals surface area contributed by atoms with Crippen LogP contribution in [-0.4, -0.2) is 13.0 Å². The molecule has 0 saturated carbocycles. The first-order chi connectivity index (χ1) is 9.92. The van der Waals surface area contributed by atoms with Gasteiger partial charge in [0.1, 0.15) is 5.75 Å². The number of carbonyl (C=O) groups is 1. The zero-order chi connectivity index (χ0) is 15.6. The van der Waals surface area contributed by atoms with Crippen LogP contribution in [0.2, 0.25) is 10.0 Å². The van der Waals surface area contributed by atoms with E-state index in [0.29, 0.717) is 32.7 Å². The highest BCUT2D eigenvalue weighted by Gasteiger charge is 2.15. The van der Waals surface area contributed by atoms with Crippen LogP contribution >= 0.6 is 23.2 Å². The number of nitrogens with two attached hydrogens (primary N) is 1. The molecule has 0 unspecified atom stereocenters. The van der Waals surface area contributed by atoms with Gasteiger partial charge < -0.3 is 15.8 Å². The molecular weight excluding hydrogens is 311 g/mol. The van der Waals surface area contributed by atoms with E-state index in [-0.39, 0.29) is 5.91 Å². The number of hydrogen-bond acceptors (Lipinski definition) is 3. The topological polar surface area (TPSA) is 64.3 Å². The van der Waals surface area contributed by atoms with Crippen molar-refractivity contribution < 1.29 is 9.53 Å². The molecule has 0 fully saturated rings. The van der Waals surface area contributed by atoms with Gasteiger partial charge in [0.15, 0.2) is 0 Å². The summed E-state index contributed by atoms with van der Waals surface area (Å²) in [5.74, 6) is 0.0506. The Hall–Kier alpha value is -1.91. The van der Waals surface area contributed by atoms with Crippen molar-refractivity contribution in [2.75, 3.05) is 18.2 Å². The average Bonchev–Trinajstić information content (AvgIpc) is 2.44. The fraction of sp³-hybridized carbons (Fsp3) is 0.133. The standard InChI is InChI=1S/C15H14Cl2N2O2/c1-8-5-12(18)13(7-11(8)17)19-15(20)10-6-9(16)3-4-14(10)21-2/h3-7H,18H2,1-2H3,(H,19,20). The zero-order valence-electron chi connectivity index (χ0n) is 11.5. The summed E-state index contributed by atoms with van der Waals surface area (Å²) in [5.41, 5.74) is 7.93. The molecule has 2 aromatic rings. The van der Waals surface area contributed by atoms with Crippen LogP contribution in [0.15, 0.2) is 30.3 Å². The van der Waals surface area contributed by atoms with Gasteiger partial charge in [-0.25, -0.2) is 0 Å². The summed E-state index contributed by atoms with van der Waals surface area (Å²) in [6, 6.07) is 8.12. The molecule has 0 heterocycles. The lowest BCUT2D eigenvalue weighted by atomic mass is 10.1. The highest BCUT2D eigenvalue weighted by atomic mass is 35.5. The summed E-state index contributed by atoms with van der Waals surface area (Å²) >= 11 is 12.0. The normalized spacial score (nSPS) is 10.3. The Kier molecular flexibility index (Phi) is 4.60. The molecule has 0 spiro atoms. The van der Waals surface area contributed by atoms with E-state index >= 15 is 0 Å². The van der Waals surface area contributed by atoms with Crippen molar-refractivity contribution >= 4 is 40.5 Å². The molecular formula is C15H14Cl2N2O2. The molecule has 6 heteroatoms. The van der Waals surface area contributed by atoms with E-state index in [1.54, 1.807) is 24.3 Å². The average molecular weight is 325 g/mol. The molecule has 21 heavy (non-hydrogen) atoms. The van der Waals surface area contributed by atoms with Gasteiger partial charge in [0.25, 0.3) is 5.91 Å². The summed E-state index contributed by atoms with van der Waals surface area (Å²) in [5, 5.41) is 3.68. The second-order valence-corrected chi connectivity index (χ2v) is 5.33. The van der Waals surface area contributed by atoms with E-state index in [0.717, 1.165) is 5.56 Å². The zero-order valence-corrected chi connectivity index (χ0v) is 13.0. The Balaban J connectivity index is 2.34. The molecule has 0 radical (unpaired) electrons. The number of halogens is 2. The van der Waals surface area contributed by atoms with E-state index in [1.165, 1.54) is 13.2 Å². The molecule has 0 atom stereocenters. The van der Waals surface area contributed by atoms with Gasteiger partial charge in [-0.15, -0.1) is 0 Å². The fourth-order valence-corrected chi connectivity index (χ4v) is 2.20. The minimum absolute atomic E-state index is 0.320. The fourth-order valence-electron chi connectivity index (χ4n) is 1.86. The number of ether oxygens (including phenoxy) is 1. The van der Waals surface area contributed by atoms with Crippen LogP contribution in [0.1, 0.15) is 15.9 Å². The molecule has 0 aromatic heterocycles. The number of amides is 1. The number of rotatable bonds is 3. The second-order valence-electron chi connectivity index (χ2n) is 4.49. The maximum Gasteiger partial charge on any atom is 0.259 e. The van der Waals surface area contributed by atoms with Gasteiger partial charge in [0, 0.05) is 10.0 Å². The summed E-state index contributed by atoms with van der Waals surface area (Å²) in [4.78, 5) is 12.3. The minimum Gasteiger partial charge on any atom is -0.496 e. The highest BCUT2D eigenvalue weighted by Crippen LogP contribution is 2.29. The van der Waals surface area contributed by atoms with Crippen molar-refractivity contribution in [3.8, 4) is 5.75 Å². The molecule has 110 valence electrons. The Morgan fingerprint density at radius 3 is 2.62 bits per heavy atom. The Labute approximate surface area is 132 Å². The van der Waals surface area contributed by atoms with Gasteiger partial charge in [0.05, 0.1) is 24.0 Å². The molecule has 0 aliphatic heterocycles. The smallest absolute Gasteiger partial charge is 0.259 e. The van der Waals surface area contributed by atoms with Crippen LogP contribution in [0.4, 0.5) is 11.4 Å². The van der Waals surface area contributed by atoms with E-state index in [4.69, 9.17) is 33.7 Å². The van der Waals surface area contributed by atoms with E-state index < -0.39 is 0 Å². The maximum atomic E-state index is 12.3. The molecule has 0 aliphatic carbocycles. The van der Waals surface area contributed by atoms with Crippen molar-refractivity contribution in [2.24, 2.45) is 0 Å². The molecule has 0 saturated heterocycles. The monoisotopic (exact) mass is 324 g/mol. The first-order valence-corrected chi connectivity index (χ1v) is 6.88. The molecule has 1 amide bonds. The van der Waals surface area contributed by atoms with Crippen molar-refractivity contribution in [2.45, 2.75) is 6.92 Å². The predicted molar refractivity (Wildman–Crippen MR) is 86.6 cm³/mol. The third-order valence-electron chi connectivity index (χ3n) is 2.99. The largest absolute Gasteiger partial charge is 0.496 e. The van der Waals surface area contributed by atoms with Gasteiger partial charge in [-0.05, 0) is 42.8 Å². The van der Waals surface area contributed by atoms with Gasteiger partial charge in [-0.3, -0.25) is 4.79 Å². The molecule has 2 aromatic carbocycles. The van der Waals surface area contributed by atoms with Gasteiger partial charge in [0.2, 0.25) is 0 Å². The number of nitrogens with one attached hydrogen (secondary N) is 1. The Bertz CT molecular complexity index is 702. The molecule has 0 aliphatic rings. The molecule has 2 rings (SSSR count). The summed E-state index contributed by atoms with van der Waals surface area (Å²) in [7, 11) is 1.48. The van der Waals surface area contributed by atoms with Gasteiger partial charge >= 0.3 is 0 Å². The van der Waals surface area contributed by atoms with Crippen LogP contribution < -0.4 is 15.8 Å². The lowest BCUT2D eigenvalue weighted by Crippen LogP contribution is -2.14. The van der Waals surface area contributed by atoms with Crippen LogP contribution in [0, 0.1) is 6.92 Å². The summed E-state index contributed by atoms with van der Waals surface area (Å²) in [6.07, 6.45) is 0. The Morgan fingerprint density at radius 2 is 1.95 bits per heavy atom. The number of benzene rings is 2.